The molecule has 4 nitrogen and oxygen atoms in total. The molecule has 0 radical (unpaired) electrons. The van der Waals surface area contributed by atoms with Gasteiger partial charge in [0.2, 0.25) is 0 Å². The number of hydrogen-bond acceptors (Lipinski definition) is 3. The van der Waals surface area contributed by atoms with E-state index in [1.165, 1.54) is 0 Å². The Morgan fingerprint density at radius 2 is 1.95 bits per heavy atom. The van der Waals surface area contributed by atoms with Gasteiger partial charge in [0, 0.05) is 30.6 Å². The Hall–Kier alpha value is -2.17. The summed E-state index contributed by atoms with van der Waals surface area (Å²) in [6.45, 7) is 0. The summed E-state index contributed by atoms with van der Waals surface area (Å²) in [5.74, 6) is 0. The van der Waals surface area contributed by atoms with Crippen LogP contribution in [-0.2, 0) is 6.42 Å². The maximum Gasteiger partial charge on any atom is 0.0861 e. The van der Waals surface area contributed by atoms with Gasteiger partial charge in [-0.2, -0.15) is 5.10 Å². The predicted octanol–water partition coefficient (Wildman–Crippen LogP) is 3.20. The smallest absolute Gasteiger partial charge is 0.0861 e. The number of rotatable bonds is 4. The van der Waals surface area contributed by atoms with Gasteiger partial charge in [-0.3, -0.25) is 4.98 Å². The van der Waals surface area contributed by atoms with Crippen molar-refractivity contribution in [2.75, 3.05) is 0 Å². The van der Waals surface area contributed by atoms with Crippen LogP contribution in [0.2, 0.25) is 5.02 Å². The molecule has 106 valence electrons. The van der Waals surface area contributed by atoms with Crippen molar-refractivity contribution < 1.29 is 5.11 Å². The van der Waals surface area contributed by atoms with Gasteiger partial charge in [-0.15, -0.1) is 0 Å². The van der Waals surface area contributed by atoms with Gasteiger partial charge in [-0.25, -0.2) is 4.68 Å². The molecule has 5 heteroatoms. The van der Waals surface area contributed by atoms with Gasteiger partial charge < -0.3 is 5.11 Å². The molecule has 0 amide bonds. The van der Waals surface area contributed by atoms with E-state index < -0.39 is 6.10 Å². The lowest BCUT2D eigenvalue weighted by molar-refractivity contribution is 0.178. The Kier molecular flexibility index (Phi) is 3.99. The van der Waals surface area contributed by atoms with Crippen LogP contribution in [0.25, 0.3) is 5.69 Å². The lowest BCUT2D eigenvalue weighted by Crippen LogP contribution is -2.01. The van der Waals surface area contributed by atoms with E-state index >= 15 is 0 Å². The highest BCUT2D eigenvalue weighted by Gasteiger charge is 2.13. The Labute approximate surface area is 127 Å². The molecule has 1 aromatic carbocycles. The number of aliphatic hydroxyl groups is 1. The molecule has 0 fully saturated rings. The van der Waals surface area contributed by atoms with Crippen molar-refractivity contribution in [2.24, 2.45) is 0 Å². The monoisotopic (exact) mass is 299 g/mol. The van der Waals surface area contributed by atoms with Crippen molar-refractivity contribution in [3.63, 3.8) is 0 Å². The fraction of sp³-hybridized carbons (Fsp3) is 0.125. The van der Waals surface area contributed by atoms with E-state index in [0.717, 1.165) is 16.8 Å². The first-order valence-electron chi connectivity index (χ1n) is 6.60. The Balaban J connectivity index is 1.79. The number of aromatic nitrogens is 3. The summed E-state index contributed by atoms with van der Waals surface area (Å²) < 4.78 is 1.74. The van der Waals surface area contributed by atoms with Crippen LogP contribution < -0.4 is 0 Å². The molecular formula is C16H14ClN3O. The van der Waals surface area contributed by atoms with Crippen molar-refractivity contribution in [2.45, 2.75) is 12.5 Å². The van der Waals surface area contributed by atoms with Crippen LogP contribution in [0, 0.1) is 0 Å². The first-order valence-corrected chi connectivity index (χ1v) is 6.98. The van der Waals surface area contributed by atoms with E-state index in [-0.39, 0.29) is 0 Å². The molecular weight excluding hydrogens is 286 g/mol. The van der Waals surface area contributed by atoms with Crippen molar-refractivity contribution >= 4 is 11.6 Å². The standard InChI is InChI=1S/C16H14ClN3O/c17-15-10-18-7-6-12(15)8-16(21)13-9-19-20(11-13)14-4-2-1-3-5-14/h1-7,9-11,16,21H,8H2. The average Bonchev–Trinajstić information content (AvgIpc) is 3.00. The van der Waals surface area contributed by atoms with Crippen molar-refractivity contribution in [1.82, 2.24) is 14.8 Å². The number of halogens is 1. The number of aliphatic hydroxyl groups excluding tert-OH is 1. The highest BCUT2D eigenvalue weighted by molar-refractivity contribution is 6.31. The number of pyridine rings is 1. The van der Waals surface area contributed by atoms with E-state index in [0.29, 0.717) is 11.4 Å². The van der Waals surface area contributed by atoms with Crippen LogP contribution in [0.15, 0.2) is 61.2 Å². The van der Waals surface area contributed by atoms with E-state index in [1.54, 1.807) is 23.3 Å². The second kappa shape index (κ2) is 6.08. The molecule has 2 heterocycles. The summed E-state index contributed by atoms with van der Waals surface area (Å²) in [7, 11) is 0. The maximum atomic E-state index is 10.3. The molecule has 0 saturated heterocycles. The zero-order chi connectivity index (χ0) is 14.7. The SMILES string of the molecule is OC(Cc1ccncc1Cl)c1cnn(-c2ccccc2)c1. The molecule has 1 unspecified atom stereocenters. The quantitative estimate of drug-likeness (QED) is 0.805. The summed E-state index contributed by atoms with van der Waals surface area (Å²) in [6, 6.07) is 11.6. The van der Waals surface area contributed by atoms with Gasteiger partial charge >= 0.3 is 0 Å². The van der Waals surface area contributed by atoms with E-state index in [1.807, 2.05) is 42.6 Å². The van der Waals surface area contributed by atoms with Crippen LogP contribution in [0.4, 0.5) is 0 Å². The lowest BCUT2D eigenvalue weighted by Gasteiger charge is -2.09. The summed E-state index contributed by atoms with van der Waals surface area (Å²) in [5, 5.41) is 15.2. The average molecular weight is 300 g/mol. The van der Waals surface area contributed by atoms with Crippen molar-refractivity contribution in [3.8, 4) is 5.69 Å². The van der Waals surface area contributed by atoms with Crippen LogP contribution in [0.1, 0.15) is 17.2 Å². The topological polar surface area (TPSA) is 50.9 Å². The third-order valence-corrected chi connectivity index (χ3v) is 3.62. The van der Waals surface area contributed by atoms with Crippen LogP contribution in [-0.4, -0.2) is 19.9 Å². The van der Waals surface area contributed by atoms with E-state index in [9.17, 15) is 5.11 Å². The van der Waals surface area contributed by atoms with Crippen LogP contribution >= 0.6 is 11.6 Å². The van der Waals surface area contributed by atoms with Crippen molar-refractivity contribution in [1.29, 1.82) is 0 Å². The maximum absolute atomic E-state index is 10.3. The number of para-hydroxylation sites is 1. The molecule has 0 bridgehead atoms. The Morgan fingerprint density at radius 1 is 1.14 bits per heavy atom. The first-order chi connectivity index (χ1) is 10.2. The summed E-state index contributed by atoms with van der Waals surface area (Å²) >= 11 is 6.06. The number of nitrogens with zero attached hydrogens (tertiary/aromatic N) is 3. The minimum Gasteiger partial charge on any atom is -0.388 e. The largest absolute Gasteiger partial charge is 0.388 e. The lowest BCUT2D eigenvalue weighted by atomic mass is 10.1. The van der Waals surface area contributed by atoms with E-state index in [2.05, 4.69) is 10.1 Å². The first kappa shape index (κ1) is 13.8. The number of hydrogen-bond donors (Lipinski definition) is 1. The van der Waals surface area contributed by atoms with Crippen molar-refractivity contribution in [3.05, 3.63) is 77.3 Å². The zero-order valence-electron chi connectivity index (χ0n) is 11.2. The molecule has 2 aromatic heterocycles. The second-order valence-electron chi connectivity index (χ2n) is 4.74. The molecule has 1 atom stereocenters. The molecule has 3 aromatic rings. The van der Waals surface area contributed by atoms with Gasteiger partial charge in [0.25, 0.3) is 0 Å². The fourth-order valence-electron chi connectivity index (χ4n) is 2.13. The van der Waals surface area contributed by atoms with Gasteiger partial charge in [-0.1, -0.05) is 29.8 Å². The highest BCUT2D eigenvalue weighted by atomic mass is 35.5. The minimum atomic E-state index is -0.651. The molecule has 1 N–H and O–H groups in total. The molecule has 21 heavy (non-hydrogen) atoms. The fourth-order valence-corrected chi connectivity index (χ4v) is 2.32. The zero-order valence-corrected chi connectivity index (χ0v) is 12.0. The van der Waals surface area contributed by atoms with E-state index in [4.69, 9.17) is 11.6 Å². The second-order valence-corrected chi connectivity index (χ2v) is 5.15. The minimum absolute atomic E-state index is 0.432. The van der Waals surface area contributed by atoms with Crippen LogP contribution in [0.3, 0.4) is 0 Å². The third kappa shape index (κ3) is 3.12. The van der Waals surface area contributed by atoms with Gasteiger partial charge in [-0.05, 0) is 23.8 Å². The molecule has 0 aliphatic heterocycles. The molecule has 0 saturated carbocycles. The Morgan fingerprint density at radius 3 is 2.71 bits per heavy atom. The summed E-state index contributed by atoms with van der Waals surface area (Å²) in [6.07, 6.45) is 6.53. The Bertz CT molecular complexity index is 727. The molecule has 3 rings (SSSR count). The molecule has 0 aliphatic rings. The summed E-state index contributed by atoms with van der Waals surface area (Å²) in [4.78, 5) is 3.94. The van der Waals surface area contributed by atoms with Crippen LogP contribution in [0.5, 0.6) is 0 Å². The van der Waals surface area contributed by atoms with Gasteiger partial charge in [0.1, 0.15) is 0 Å². The molecule has 0 aliphatic carbocycles. The predicted molar refractivity (Wildman–Crippen MR) is 81.5 cm³/mol. The normalized spacial score (nSPS) is 12.3. The van der Waals surface area contributed by atoms with Gasteiger partial charge in [0.15, 0.2) is 0 Å². The summed E-state index contributed by atoms with van der Waals surface area (Å²) in [5.41, 5.74) is 2.58. The third-order valence-electron chi connectivity index (χ3n) is 3.28. The van der Waals surface area contributed by atoms with Gasteiger partial charge in [0.05, 0.1) is 23.0 Å². The highest BCUT2D eigenvalue weighted by Crippen LogP contribution is 2.23. The molecule has 0 spiro atoms. The number of benzene rings is 1.